The van der Waals surface area contributed by atoms with Crippen molar-refractivity contribution in [3.63, 3.8) is 0 Å². The highest BCUT2D eigenvalue weighted by Gasteiger charge is 2.19. The van der Waals surface area contributed by atoms with Crippen LogP contribution >= 0.6 is 0 Å². The minimum absolute atomic E-state index is 0.00139. The first-order valence-electron chi connectivity index (χ1n) is 9.40. The van der Waals surface area contributed by atoms with E-state index in [4.69, 9.17) is 0 Å². The van der Waals surface area contributed by atoms with Crippen molar-refractivity contribution in [2.24, 2.45) is 0 Å². The topological polar surface area (TPSA) is 54.3 Å². The summed E-state index contributed by atoms with van der Waals surface area (Å²) in [4.78, 5) is 26.5. The highest BCUT2D eigenvalue weighted by atomic mass is 16.2. The van der Waals surface area contributed by atoms with Crippen LogP contribution in [-0.2, 0) is 16.1 Å². The van der Waals surface area contributed by atoms with Gasteiger partial charge in [0.15, 0.2) is 0 Å². The minimum Gasteiger partial charge on any atom is -0.345 e. The van der Waals surface area contributed by atoms with Gasteiger partial charge < -0.3 is 14.8 Å². The second-order valence-corrected chi connectivity index (χ2v) is 6.91. The number of hydrogen-bond acceptors (Lipinski definition) is 2. The molecule has 1 saturated heterocycles. The first-order valence-corrected chi connectivity index (χ1v) is 9.40. The number of benzene rings is 2. The maximum Gasteiger partial charge on any atom is 0.241 e. The van der Waals surface area contributed by atoms with Crippen molar-refractivity contribution in [3.05, 3.63) is 60.7 Å². The number of carbonyl (C=O) groups is 2. The number of rotatable bonds is 5. The van der Waals surface area contributed by atoms with Crippen LogP contribution in [0.3, 0.4) is 0 Å². The number of nitrogens with one attached hydrogen (secondary N) is 1. The molecule has 4 rings (SSSR count). The van der Waals surface area contributed by atoms with Gasteiger partial charge in [-0.1, -0.05) is 48.5 Å². The predicted octanol–water partition coefficient (Wildman–Crippen LogP) is 3.05. The lowest BCUT2D eigenvalue weighted by Crippen LogP contribution is -2.39. The number of para-hydroxylation sites is 1. The molecule has 2 aromatic carbocycles. The molecule has 2 amide bonds. The summed E-state index contributed by atoms with van der Waals surface area (Å²) in [6, 6.07) is 20.2. The number of hydrogen-bond donors (Lipinski definition) is 1. The van der Waals surface area contributed by atoms with Crippen LogP contribution in [0.4, 0.5) is 0 Å². The Balaban J connectivity index is 1.54. The molecular formula is C22H23N3O2. The molecule has 1 fully saturated rings. The Morgan fingerprint density at radius 3 is 2.41 bits per heavy atom. The summed E-state index contributed by atoms with van der Waals surface area (Å²) in [6.45, 7) is 1.86. The van der Waals surface area contributed by atoms with Gasteiger partial charge in [-0.2, -0.15) is 0 Å². The summed E-state index contributed by atoms with van der Waals surface area (Å²) in [5.41, 5.74) is 3.07. The number of likely N-dealkylation sites (tertiary alicyclic amines) is 1. The molecule has 5 nitrogen and oxygen atoms in total. The Bertz CT molecular complexity index is 956. The molecule has 0 saturated carbocycles. The fraction of sp³-hybridized carbons (Fsp3) is 0.273. The van der Waals surface area contributed by atoms with Crippen molar-refractivity contribution in [1.82, 2.24) is 14.8 Å². The first-order chi connectivity index (χ1) is 13.2. The standard InChI is InChI=1S/C22H23N3O2/c26-21(23-15-22(27)24-12-6-7-13-24)16-25-19-11-5-4-10-18(19)14-20(25)17-8-2-1-3-9-17/h1-5,8-11,14H,6-7,12-13,15-16H2,(H,23,26). The molecule has 2 heterocycles. The van der Waals surface area contributed by atoms with Gasteiger partial charge in [-0.05, 0) is 30.5 Å². The fourth-order valence-corrected chi connectivity index (χ4v) is 3.68. The van der Waals surface area contributed by atoms with Crippen molar-refractivity contribution < 1.29 is 9.59 Å². The smallest absolute Gasteiger partial charge is 0.241 e. The largest absolute Gasteiger partial charge is 0.345 e. The molecule has 3 aromatic rings. The van der Waals surface area contributed by atoms with Gasteiger partial charge in [-0.3, -0.25) is 9.59 Å². The molecular weight excluding hydrogens is 338 g/mol. The minimum atomic E-state index is -0.152. The Morgan fingerprint density at radius 2 is 1.63 bits per heavy atom. The maximum absolute atomic E-state index is 12.6. The van der Waals surface area contributed by atoms with Crippen molar-refractivity contribution in [2.75, 3.05) is 19.6 Å². The zero-order valence-electron chi connectivity index (χ0n) is 15.2. The molecule has 1 aliphatic rings. The first kappa shape index (κ1) is 17.3. The van der Waals surface area contributed by atoms with E-state index in [1.807, 2.05) is 64.1 Å². The van der Waals surface area contributed by atoms with E-state index in [1.165, 1.54) is 0 Å². The summed E-state index contributed by atoms with van der Waals surface area (Å²) < 4.78 is 2.01. The van der Waals surface area contributed by atoms with Crippen LogP contribution in [-0.4, -0.2) is 40.9 Å². The number of carbonyl (C=O) groups excluding carboxylic acids is 2. The van der Waals surface area contributed by atoms with Crippen LogP contribution in [0, 0.1) is 0 Å². The molecule has 0 aliphatic carbocycles. The van der Waals surface area contributed by atoms with Gasteiger partial charge in [0.05, 0.1) is 6.54 Å². The van der Waals surface area contributed by atoms with E-state index in [0.717, 1.165) is 48.1 Å². The quantitative estimate of drug-likeness (QED) is 0.759. The van der Waals surface area contributed by atoms with Crippen molar-refractivity contribution >= 4 is 22.7 Å². The van der Waals surface area contributed by atoms with Gasteiger partial charge in [0.2, 0.25) is 11.8 Å². The van der Waals surface area contributed by atoms with E-state index < -0.39 is 0 Å². The van der Waals surface area contributed by atoms with Gasteiger partial charge in [0, 0.05) is 29.7 Å². The molecule has 0 atom stereocenters. The van der Waals surface area contributed by atoms with E-state index in [-0.39, 0.29) is 24.9 Å². The molecule has 0 spiro atoms. The third-order valence-electron chi connectivity index (χ3n) is 5.08. The van der Waals surface area contributed by atoms with Gasteiger partial charge in [0.1, 0.15) is 6.54 Å². The third-order valence-corrected chi connectivity index (χ3v) is 5.08. The Morgan fingerprint density at radius 1 is 0.926 bits per heavy atom. The summed E-state index contributed by atoms with van der Waals surface area (Å²) in [6.07, 6.45) is 2.10. The van der Waals surface area contributed by atoms with Crippen LogP contribution in [0.5, 0.6) is 0 Å². The number of aromatic nitrogens is 1. The number of fused-ring (bicyclic) bond motifs is 1. The molecule has 0 radical (unpaired) electrons. The van der Waals surface area contributed by atoms with E-state index >= 15 is 0 Å². The monoisotopic (exact) mass is 361 g/mol. The van der Waals surface area contributed by atoms with E-state index in [1.54, 1.807) is 0 Å². The normalized spacial score (nSPS) is 13.9. The lowest BCUT2D eigenvalue weighted by Gasteiger charge is -2.16. The van der Waals surface area contributed by atoms with Crippen molar-refractivity contribution in [3.8, 4) is 11.3 Å². The predicted molar refractivity (Wildman–Crippen MR) is 106 cm³/mol. The second-order valence-electron chi connectivity index (χ2n) is 6.91. The molecule has 5 heteroatoms. The maximum atomic E-state index is 12.6. The zero-order chi connectivity index (χ0) is 18.6. The molecule has 1 aliphatic heterocycles. The van der Waals surface area contributed by atoms with E-state index in [2.05, 4.69) is 11.4 Å². The van der Waals surface area contributed by atoms with Gasteiger partial charge in [-0.15, -0.1) is 0 Å². The average molecular weight is 361 g/mol. The average Bonchev–Trinajstić information content (AvgIpc) is 3.36. The molecule has 27 heavy (non-hydrogen) atoms. The van der Waals surface area contributed by atoms with Gasteiger partial charge >= 0.3 is 0 Å². The zero-order valence-corrected chi connectivity index (χ0v) is 15.2. The van der Waals surface area contributed by atoms with E-state index in [0.29, 0.717) is 0 Å². The van der Waals surface area contributed by atoms with Gasteiger partial charge in [0.25, 0.3) is 0 Å². The lowest BCUT2D eigenvalue weighted by atomic mass is 10.1. The molecule has 0 unspecified atom stereocenters. The van der Waals surface area contributed by atoms with Crippen LogP contribution in [0.2, 0.25) is 0 Å². The lowest BCUT2D eigenvalue weighted by molar-refractivity contribution is -0.132. The summed E-state index contributed by atoms with van der Waals surface area (Å²) >= 11 is 0. The molecule has 0 bridgehead atoms. The van der Waals surface area contributed by atoms with Crippen LogP contribution in [0.1, 0.15) is 12.8 Å². The van der Waals surface area contributed by atoms with Crippen LogP contribution in [0.25, 0.3) is 22.2 Å². The molecule has 1 aromatic heterocycles. The SMILES string of the molecule is O=C(Cn1c(-c2ccccc2)cc2ccccc21)NCC(=O)N1CCCC1. The summed E-state index contributed by atoms with van der Waals surface area (Å²) in [7, 11) is 0. The highest BCUT2D eigenvalue weighted by molar-refractivity contribution is 5.90. The van der Waals surface area contributed by atoms with E-state index in [9.17, 15) is 9.59 Å². The summed E-state index contributed by atoms with van der Waals surface area (Å²) in [5.74, 6) is -0.150. The Hall–Kier alpha value is -3.08. The molecule has 138 valence electrons. The van der Waals surface area contributed by atoms with Crippen LogP contribution < -0.4 is 5.32 Å². The fourth-order valence-electron chi connectivity index (χ4n) is 3.68. The molecule has 1 N–H and O–H groups in total. The summed E-state index contributed by atoms with van der Waals surface area (Å²) in [5, 5.41) is 3.88. The highest BCUT2D eigenvalue weighted by Crippen LogP contribution is 2.28. The Labute approximate surface area is 158 Å². The second kappa shape index (κ2) is 7.66. The number of nitrogens with zero attached hydrogens (tertiary/aromatic N) is 2. The van der Waals surface area contributed by atoms with Crippen LogP contribution in [0.15, 0.2) is 60.7 Å². The Kier molecular flexibility index (Phi) is 4.92. The number of amides is 2. The van der Waals surface area contributed by atoms with Gasteiger partial charge in [-0.25, -0.2) is 0 Å². The van der Waals surface area contributed by atoms with Crippen molar-refractivity contribution in [2.45, 2.75) is 19.4 Å². The van der Waals surface area contributed by atoms with Crippen molar-refractivity contribution in [1.29, 1.82) is 0 Å². The third kappa shape index (κ3) is 3.72.